The molecule has 0 radical (unpaired) electrons. The largest absolute Gasteiger partial charge is 0.379 e. The number of unbranched alkanes of at least 4 members (excludes halogenated alkanes) is 1. The number of amides is 1. The van der Waals surface area contributed by atoms with Crippen LogP contribution < -0.4 is 5.32 Å². The fraction of sp³-hybridized carbons (Fsp3) is 0.571. The van der Waals surface area contributed by atoms with Crippen molar-refractivity contribution in [3.8, 4) is 0 Å². The van der Waals surface area contributed by atoms with Crippen LogP contribution in [0.4, 0.5) is 5.82 Å². The Morgan fingerprint density at radius 1 is 1.39 bits per heavy atom. The average molecular weight is 250 g/mol. The number of hydrogen-bond acceptors (Lipinski definition) is 3. The van der Waals surface area contributed by atoms with Gasteiger partial charge in [0.15, 0.2) is 0 Å². The van der Waals surface area contributed by atoms with Crippen LogP contribution in [0.15, 0.2) is 18.3 Å². The molecular weight excluding hydrogens is 228 g/mol. The van der Waals surface area contributed by atoms with E-state index in [1.807, 2.05) is 32.9 Å². The van der Waals surface area contributed by atoms with Crippen molar-refractivity contribution in [2.24, 2.45) is 0 Å². The number of hydrogen-bond donors (Lipinski definition) is 1. The molecule has 0 fully saturated rings. The summed E-state index contributed by atoms with van der Waals surface area (Å²) in [7, 11) is 0. The van der Waals surface area contributed by atoms with Crippen molar-refractivity contribution in [1.29, 1.82) is 0 Å². The molecule has 4 heteroatoms. The molecule has 0 saturated carbocycles. The molecule has 18 heavy (non-hydrogen) atoms. The SMILES string of the molecule is Cc1ccc(NC(=O)CCCCOC(C)C)nc1. The molecule has 0 aliphatic carbocycles. The van der Waals surface area contributed by atoms with Crippen LogP contribution in [0.2, 0.25) is 0 Å². The van der Waals surface area contributed by atoms with Gasteiger partial charge in [-0.05, 0) is 45.2 Å². The van der Waals surface area contributed by atoms with E-state index in [1.165, 1.54) is 0 Å². The van der Waals surface area contributed by atoms with Gasteiger partial charge in [0.05, 0.1) is 6.10 Å². The number of anilines is 1. The van der Waals surface area contributed by atoms with Gasteiger partial charge in [0, 0.05) is 19.2 Å². The third kappa shape index (κ3) is 6.35. The van der Waals surface area contributed by atoms with Crippen LogP contribution >= 0.6 is 0 Å². The molecular formula is C14H22N2O2. The normalized spacial score (nSPS) is 10.7. The molecule has 1 aromatic heterocycles. The summed E-state index contributed by atoms with van der Waals surface area (Å²) in [5.41, 5.74) is 1.08. The summed E-state index contributed by atoms with van der Waals surface area (Å²) in [6.07, 6.45) is 4.26. The van der Waals surface area contributed by atoms with E-state index in [2.05, 4.69) is 10.3 Å². The van der Waals surface area contributed by atoms with Gasteiger partial charge in [0.25, 0.3) is 0 Å². The third-order valence-corrected chi connectivity index (χ3v) is 2.43. The number of carbonyl (C=O) groups is 1. The molecule has 1 amide bonds. The van der Waals surface area contributed by atoms with Gasteiger partial charge in [0.1, 0.15) is 5.82 Å². The van der Waals surface area contributed by atoms with Gasteiger partial charge in [-0.3, -0.25) is 4.79 Å². The van der Waals surface area contributed by atoms with Gasteiger partial charge in [-0.1, -0.05) is 6.07 Å². The van der Waals surface area contributed by atoms with Gasteiger partial charge in [0.2, 0.25) is 5.91 Å². The summed E-state index contributed by atoms with van der Waals surface area (Å²) >= 11 is 0. The molecule has 0 atom stereocenters. The highest BCUT2D eigenvalue weighted by Crippen LogP contribution is 2.06. The number of carbonyl (C=O) groups excluding carboxylic acids is 1. The minimum Gasteiger partial charge on any atom is -0.379 e. The highest BCUT2D eigenvalue weighted by molar-refractivity contribution is 5.89. The molecule has 0 saturated heterocycles. The lowest BCUT2D eigenvalue weighted by Crippen LogP contribution is -2.12. The molecule has 0 aliphatic rings. The molecule has 0 bridgehead atoms. The van der Waals surface area contributed by atoms with Crippen LogP contribution in [0, 0.1) is 6.92 Å². The number of ether oxygens (including phenoxy) is 1. The minimum absolute atomic E-state index is 0.0101. The predicted molar refractivity (Wildman–Crippen MR) is 72.5 cm³/mol. The molecule has 0 unspecified atom stereocenters. The lowest BCUT2D eigenvalue weighted by atomic mass is 10.2. The van der Waals surface area contributed by atoms with Gasteiger partial charge in [-0.25, -0.2) is 4.98 Å². The Morgan fingerprint density at radius 2 is 2.17 bits per heavy atom. The number of aromatic nitrogens is 1. The van der Waals surface area contributed by atoms with Crippen molar-refractivity contribution >= 4 is 11.7 Å². The Labute approximate surface area is 109 Å². The first kappa shape index (κ1) is 14.6. The van der Waals surface area contributed by atoms with Crippen molar-refractivity contribution in [2.75, 3.05) is 11.9 Å². The number of rotatable bonds is 7. The first-order valence-electron chi connectivity index (χ1n) is 6.42. The fourth-order valence-corrected chi connectivity index (χ4v) is 1.45. The molecule has 1 rings (SSSR count). The van der Waals surface area contributed by atoms with Gasteiger partial charge in [-0.15, -0.1) is 0 Å². The standard InChI is InChI=1S/C14H22N2O2/c1-11(2)18-9-5-4-6-14(17)16-13-8-7-12(3)10-15-13/h7-8,10-11H,4-6,9H2,1-3H3,(H,15,16,17). The van der Waals surface area contributed by atoms with Crippen molar-refractivity contribution in [1.82, 2.24) is 4.98 Å². The first-order valence-corrected chi connectivity index (χ1v) is 6.42. The van der Waals surface area contributed by atoms with E-state index in [0.717, 1.165) is 18.4 Å². The number of pyridine rings is 1. The summed E-state index contributed by atoms with van der Waals surface area (Å²) in [5, 5.41) is 2.78. The van der Waals surface area contributed by atoms with Gasteiger partial charge < -0.3 is 10.1 Å². The minimum atomic E-state index is 0.0101. The number of nitrogens with zero attached hydrogens (tertiary/aromatic N) is 1. The van der Waals surface area contributed by atoms with Crippen molar-refractivity contribution in [3.05, 3.63) is 23.9 Å². The van der Waals surface area contributed by atoms with Crippen LogP contribution in [0.3, 0.4) is 0 Å². The monoisotopic (exact) mass is 250 g/mol. The van der Waals surface area contributed by atoms with Crippen LogP contribution in [-0.4, -0.2) is 23.6 Å². The van der Waals surface area contributed by atoms with E-state index < -0.39 is 0 Å². The maximum absolute atomic E-state index is 11.6. The zero-order valence-corrected chi connectivity index (χ0v) is 11.4. The molecule has 0 spiro atoms. The molecule has 1 aromatic rings. The van der Waals surface area contributed by atoms with E-state index >= 15 is 0 Å². The first-order chi connectivity index (χ1) is 8.58. The van der Waals surface area contributed by atoms with Crippen LogP contribution in [0.5, 0.6) is 0 Å². The summed E-state index contributed by atoms with van der Waals surface area (Å²) in [6, 6.07) is 3.74. The Hall–Kier alpha value is -1.42. The summed E-state index contributed by atoms with van der Waals surface area (Å²) in [6.45, 7) is 6.70. The van der Waals surface area contributed by atoms with E-state index in [-0.39, 0.29) is 12.0 Å². The maximum Gasteiger partial charge on any atom is 0.225 e. The van der Waals surface area contributed by atoms with Crippen LogP contribution in [0.25, 0.3) is 0 Å². The molecule has 0 aromatic carbocycles. The zero-order valence-electron chi connectivity index (χ0n) is 11.4. The highest BCUT2D eigenvalue weighted by Gasteiger charge is 2.03. The van der Waals surface area contributed by atoms with E-state index in [0.29, 0.717) is 18.8 Å². The third-order valence-electron chi connectivity index (χ3n) is 2.43. The lowest BCUT2D eigenvalue weighted by Gasteiger charge is -2.07. The smallest absolute Gasteiger partial charge is 0.225 e. The summed E-state index contributed by atoms with van der Waals surface area (Å²) < 4.78 is 5.41. The second-order valence-corrected chi connectivity index (χ2v) is 4.65. The Kier molecular flexibility index (Phi) is 6.36. The quantitative estimate of drug-likeness (QED) is 0.757. The molecule has 100 valence electrons. The topological polar surface area (TPSA) is 51.2 Å². The van der Waals surface area contributed by atoms with E-state index in [1.54, 1.807) is 6.20 Å². The molecule has 1 N–H and O–H groups in total. The maximum atomic E-state index is 11.6. The van der Waals surface area contributed by atoms with E-state index in [9.17, 15) is 4.79 Å². The second-order valence-electron chi connectivity index (χ2n) is 4.65. The number of nitrogens with one attached hydrogen (secondary N) is 1. The molecule has 4 nitrogen and oxygen atoms in total. The Balaban J connectivity index is 2.16. The van der Waals surface area contributed by atoms with Gasteiger partial charge >= 0.3 is 0 Å². The highest BCUT2D eigenvalue weighted by atomic mass is 16.5. The Morgan fingerprint density at radius 3 is 2.78 bits per heavy atom. The summed E-state index contributed by atoms with van der Waals surface area (Å²) in [5.74, 6) is 0.625. The van der Waals surface area contributed by atoms with Gasteiger partial charge in [-0.2, -0.15) is 0 Å². The van der Waals surface area contributed by atoms with Crippen molar-refractivity contribution < 1.29 is 9.53 Å². The van der Waals surface area contributed by atoms with Crippen molar-refractivity contribution in [2.45, 2.75) is 46.1 Å². The van der Waals surface area contributed by atoms with E-state index in [4.69, 9.17) is 4.74 Å². The van der Waals surface area contributed by atoms with Crippen LogP contribution in [0.1, 0.15) is 38.7 Å². The predicted octanol–water partition coefficient (Wildman–Crippen LogP) is 2.92. The summed E-state index contributed by atoms with van der Waals surface area (Å²) in [4.78, 5) is 15.7. The lowest BCUT2D eigenvalue weighted by molar-refractivity contribution is -0.116. The second kappa shape index (κ2) is 7.82. The Bertz CT molecular complexity index is 361. The molecule has 1 heterocycles. The average Bonchev–Trinajstić information content (AvgIpc) is 2.31. The van der Waals surface area contributed by atoms with Crippen LogP contribution in [-0.2, 0) is 9.53 Å². The van der Waals surface area contributed by atoms with Crippen molar-refractivity contribution in [3.63, 3.8) is 0 Å². The molecule has 0 aliphatic heterocycles. The zero-order chi connectivity index (χ0) is 13.4. The fourth-order valence-electron chi connectivity index (χ4n) is 1.45. The number of aryl methyl sites for hydroxylation is 1.